The minimum atomic E-state index is -3.33. The highest BCUT2D eigenvalue weighted by Crippen LogP contribution is 2.68. The maximum atomic E-state index is 11.5. The van der Waals surface area contributed by atoms with Crippen molar-refractivity contribution in [3.63, 3.8) is 0 Å². The molecule has 162 valence electrons. The molecule has 0 aromatic carbocycles. The van der Waals surface area contributed by atoms with Crippen LogP contribution in [0, 0.1) is 28.6 Å². The first-order valence-corrected chi connectivity index (χ1v) is 12.9. The minimum Gasteiger partial charge on any atom is -0.385 e. The van der Waals surface area contributed by atoms with Gasteiger partial charge in [-0.15, -0.1) is 6.58 Å². The van der Waals surface area contributed by atoms with E-state index < -0.39 is 15.6 Å². The van der Waals surface area contributed by atoms with E-state index in [1.165, 1.54) is 11.1 Å². The molecule has 0 bridgehead atoms. The van der Waals surface area contributed by atoms with Gasteiger partial charge in [0.2, 0.25) is 10.0 Å². The van der Waals surface area contributed by atoms with Crippen molar-refractivity contribution in [2.24, 2.45) is 33.7 Å². The van der Waals surface area contributed by atoms with Crippen molar-refractivity contribution in [1.29, 1.82) is 0 Å². The van der Waals surface area contributed by atoms with Gasteiger partial charge in [0, 0.05) is 5.41 Å². The molecule has 4 aliphatic rings. The van der Waals surface area contributed by atoms with E-state index in [4.69, 9.17) is 0 Å². The standard InChI is InChI=1S/C23H36N2O3S/c1-6-23(26)14-10-19-16-7-8-17-15(2)20(24-25-29(5,27)28)11-12-21(17,3)18(16)9-13-22(19,23)4/h6,16,18-19,25-26H,1,7-14H2,2-5H3/b24-20+/t16-,18+,19+,21+,22+,23+/m1/s1. The van der Waals surface area contributed by atoms with Gasteiger partial charge in [-0.1, -0.05) is 25.5 Å². The Balaban J connectivity index is 1.66. The van der Waals surface area contributed by atoms with Gasteiger partial charge in [-0.3, -0.25) is 0 Å². The maximum absolute atomic E-state index is 11.5. The van der Waals surface area contributed by atoms with Crippen molar-refractivity contribution >= 4 is 15.7 Å². The number of fused-ring (bicyclic) bond motifs is 5. The predicted molar refractivity (Wildman–Crippen MR) is 117 cm³/mol. The zero-order chi connectivity index (χ0) is 21.2. The fourth-order valence-corrected chi connectivity index (χ4v) is 7.93. The molecule has 0 aliphatic heterocycles. The molecule has 0 radical (unpaired) electrons. The Morgan fingerprint density at radius 2 is 1.83 bits per heavy atom. The Bertz CT molecular complexity index is 892. The lowest BCUT2D eigenvalue weighted by Crippen LogP contribution is -2.54. The number of rotatable bonds is 3. The Labute approximate surface area is 175 Å². The Kier molecular flexibility index (Phi) is 4.86. The van der Waals surface area contributed by atoms with Crippen LogP contribution in [0.2, 0.25) is 0 Å². The highest BCUT2D eigenvalue weighted by molar-refractivity contribution is 7.88. The molecule has 3 saturated carbocycles. The van der Waals surface area contributed by atoms with Crippen molar-refractivity contribution in [1.82, 2.24) is 4.83 Å². The average molecular weight is 421 g/mol. The van der Waals surface area contributed by atoms with E-state index in [0.717, 1.165) is 63.3 Å². The molecular weight excluding hydrogens is 384 g/mol. The first-order chi connectivity index (χ1) is 13.5. The van der Waals surface area contributed by atoms with Crippen LogP contribution in [0.5, 0.6) is 0 Å². The summed E-state index contributed by atoms with van der Waals surface area (Å²) in [4.78, 5) is 2.33. The van der Waals surface area contributed by atoms with Crippen LogP contribution in [-0.4, -0.2) is 31.1 Å². The van der Waals surface area contributed by atoms with Gasteiger partial charge < -0.3 is 5.11 Å². The van der Waals surface area contributed by atoms with Crippen LogP contribution in [-0.2, 0) is 10.0 Å². The number of sulfonamides is 1. The maximum Gasteiger partial charge on any atom is 0.244 e. The lowest BCUT2D eigenvalue weighted by Gasteiger charge is -2.59. The Morgan fingerprint density at radius 1 is 1.14 bits per heavy atom. The van der Waals surface area contributed by atoms with E-state index in [0.29, 0.717) is 17.8 Å². The number of hydrazone groups is 1. The highest BCUT2D eigenvalue weighted by Gasteiger charge is 2.63. The molecule has 0 saturated heterocycles. The molecule has 4 aliphatic carbocycles. The van der Waals surface area contributed by atoms with Crippen molar-refractivity contribution in [3.05, 3.63) is 23.8 Å². The van der Waals surface area contributed by atoms with Gasteiger partial charge >= 0.3 is 0 Å². The molecular formula is C23H36N2O3S. The largest absolute Gasteiger partial charge is 0.385 e. The zero-order valence-electron chi connectivity index (χ0n) is 18.3. The number of hydrogen-bond donors (Lipinski definition) is 2. The Hall–Kier alpha value is -1.14. The normalized spacial score (nSPS) is 46.1. The molecule has 0 unspecified atom stereocenters. The number of nitrogens with zero attached hydrogens (tertiary/aromatic N) is 1. The second-order valence-electron chi connectivity index (χ2n) is 10.5. The van der Waals surface area contributed by atoms with Gasteiger partial charge in [0.15, 0.2) is 0 Å². The summed E-state index contributed by atoms with van der Waals surface area (Å²) in [6, 6.07) is 0. The van der Waals surface area contributed by atoms with E-state index in [1.807, 2.05) is 6.08 Å². The third-order valence-corrected chi connectivity index (χ3v) is 9.76. The van der Waals surface area contributed by atoms with E-state index in [9.17, 15) is 13.5 Å². The fraction of sp³-hybridized carbons (Fsp3) is 0.783. The smallest absolute Gasteiger partial charge is 0.244 e. The quantitative estimate of drug-likeness (QED) is 0.531. The molecule has 6 atom stereocenters. The summed E-state index contributed by atoms with van der Waals surface area (Å²) in [6.07, 6.45) is 11.2. The Morgan fingerprint density at radius 3 is 2.48 bits per heavy atom. The summed E-state index contributed by atoms with van der Waals surface area (Å²) in [5.41, 5.74) is 2.95. The fourth-order valence-electron chi connectivity index (χ4n) is 7.66. The topological polar surface area (TPSA) is 78.8 Å². The van der Waals surface area contributed by atoms with Gasteiger partial charge in [0.1, 0.15) is 0 Å². The molecule has 0 spiro atoms. The summed E-state index contributed by atoms with van der Waals surface area (Å²) in [6.45, 7) is 10.8. The van der Waals surface area contributed by atoms with E-state index in [1.54, 1.807) is 0 Å². The second kappa shape index (κ2) is 6.68. The SMILES string of the molecule is C=C[C@]1(O)CC[C@H]2[C@@H]3CCC4=C(C)/C(=N/NS(C)(=O)=O)CC[C@]4(C)[C@H]3CC[C@@]21C. The highest BCUT2D eigenvalue weighted by atomic mass is 32.2. The molecule has 6 heteroatoms. The second-order valence-corrected chi connectivity index (χ2v) is 12.2. The number of allylic oxidation sites excluding steroid dienone is 2. The molecule has 2 N–H and O–H groups in total. The molecule has 0 aromatic rings. The molecule has 0 amide bonds. The van der Waals surface area contributed by atoms with E-state index in [2.05, 4.69) is 37.3 Å². The molecule has 0 aromatic heterocycles. The van der Waals surface area contributed by atoms with E-state index >= 15 is 0 Å². The van der Waals surface area contributed by atoms with Crippen molar-refractivity contribution in [2.75, 3.05) is 6.26 Å². The van der Waals surface area contributed by atoms with E-state index in [-0.39, 0.29) is 10.8 Å². The van der Waals surface area contributed by atoms with Crippen LogP contribution in [0.1, 0.15) is 72.1 Å². The molecule has 4 rings (SSSR count). The summed E-state index contributed by atoms with van der Waals surface area (Å²) < 4.78 is 22.9. The third kappa shape index (κ3) is 3.04. The van der Waals surface area contributed by atoms with Crippen molar-refractivity contribution < 1.29 is 13.5 Å². The van der Waals surface area contributed by atoms with Gasteiger partial charge in [-0.2, -0.15) is 5.10 Å². The molecule has 5 nitrogen and oxygen atoms in total. The predicted octanol–water partition coefficient (Wildman–Crippen LogP) is 4.16. The van der Waals surface area contributed by atoms with Crippen molar-refractivity contribution in [2.45, 2.75) is 77.7 Å². The van der Waals surface area contributed by atoms with Crippen molar-refractivity contribution in [3.8, 4) is 0 Å². The van der Waals surface area contributed by atoms with Crippen LogP contribution >= 0.6 is 0 Å². The van der Waals surface area contributed by atoms with Gasteiger partial charge in [0.25, 0.3) is 0 Å². The number of aliphatic hydroxyl groups is 1. The average Bonchev–Trinajstić information content (AvgIpc) is 2.92. The minimum absolute atomic E-state index is 0.0524. The lowest BCUT2D eigenvalue weighted by molar-refractivity contribution is -0.103. The van der Waals surface area contributed by atoms with Crippen LogP contribution < -0.4 is 4.83 Å². The van der Waals surface area contributed by atoms with Gasteiger partial charge in [-0.25, -0.2) is 13.2 Å². The number of nitrogens with one attached hydrogen (secondary N) is 1. The number of hydrogen-bond acceptors (Lipinski definition) is 4. The molecule has 0 heterocycles. The first kappa shape index (κ1) is 21.1. The first-order valence-electron chi connectivity index (χ1n) is 11.0. The lowest BCUT2D eigenvalue weighted by atomic mass is 9.46. The van der Waals surface area contributed by atoms with Gasteiger partial charge in [0.05, 0.1) is 17.6 Å². The summed E-state index contributed by atoms with van der Waals surface area (Å²) >= 11 is 0. The monoisotopic (exact) mass is 420 g/mol. The van der Waals surface area contributed by atoms with Crippen LogP contribution in [0.3, 0.4) is 0 Å². The molecule has 29 heavy (non-hydrogen) atoms. The summed E-state index contributed by atoms with van der Waals surface area (Å²) in [5, 5.41) is 15.5. The molecule has 3 fully saturated rings. The zero-order valence-corrected chi connectivity index (χ0v) is 19.1. The third-order valence-electron chi connectivity index (χ3n) is 9.34. The van der Waals surface area contributed by atoms with Crippen LogP contribution in [0.25, 0.3) is 0 Å². The summed E-state index contributed by atoms with van der Waals surface area (Å²) in [5.74, 6) is 1.85. The van der Waals surface area contributed by atoms with Crippen LogP contribution in [0.4, 0.5) is 0 Å². The van der Waals surface area contributed by atoms with Crippen LogP contribution in [0.15, 0.2) is 28.9 Å². The summed E-state index contributed by atoms with van der Waals surface area (Å²) in [7, 11) is -3.33. The van der Waals surface area contributed by atoms with Gasteiger partial charge in [-0.05, 0) is 87.0 Å².